The van der Waals surface area contributed by atoms with Gasteiger partial charge in [-0.1, -0.05) is 13.8 Å². The van der Waals surface area contributed by atoms with Gasteiger partial charge >= 0.3 is 6.03 Å². The molecule has 3 rings (SSSR count). The van der Waals surface area contributed by atoms with E-state index in [0.29, 0.717) is 18.2 Å². The van der Waals surface area contributed by atoms with Crippen molar-refractivity contribution in [3.8, 4) is 0 Å². The maximum absolute atomic E-state index is 12.8. The molecule has 1 aromatic heterocycles. The summed E-state index contributed by atoms with van der Waals surface area (Å²) in [5.41, 5.74) is 1.67. The number of carbonyl (C=O) groups is 2. The molecule has 0 bridgehead atoms. The molecule has 0 saturated carbocycles. The topological polar surface area (TPSA) is 87.2 Å². The lowest BCUT2D eigenvalue weighted by Gasteiger charge is -2.37. The van der Waals surface area contributed by atoms with E-state index in [1.807, 2.05) is 39.0 Å². The maximum atomic E-state index is 12.8. The van der Waals surface area contributed by atoms with Crippen LogP contribution in [-0.4, -0.2) is 45.9 Å². The molecule has 0 aliphatic carbocycles. The molecular weight excluding hydrogens is 362 g/mol. The molecular formula is C19H23N5O2S. The minimum atomic E-state index is -0.455. The number of hydrogen-bond donors (Lipinski definition) is 2. The molecule has 1 aromatic carbocycles. The number of nitrogens with one attached hydrogen (secondary N) is 2. The Bertz CT molecular complexity index is 828. The summed E-state index contributed by atoms with van der Waals surface area (Å²) >= 11 is 1.46. The standard InChI is InChI=1S/C19H23N5O2S/c1-12(2)16-17(25)20-9-10-24(16)19(26)23-15-6-5-14(11-13(15)3)27-18-21-7-4-8-22-18/h4-8,11-12,16H,9-10H2,1-3H3,(H,20,25)(H,23,26). The molecule has 1 saturated heterocycles. The van der Waals surface area contributed by atoms with Crippen molar-refractivity contribution in [2.75, 3.05) is 18.4 Å². The van der Waals surface area contributed by atoms with E-state index in [0.717, 1.165) is 16.1 Å². The summed E-state index contributed by atoms with van der Waals surface area (Å²) in [7, 11) is 0. The summed E-state index contributed by atoms with van der Waals surface area (Å²) in [6.45, 7) is 6.80. The van der Waals surface area contributed by atoms with E-state index in [4.69, 9.17) is 0 Å². The molecule has 1 aliphatic heterocycles. The highest BCUT2D eigenvalue weighted by molar-refractivity contribution is 7.99. The Morgan fingerprint density at radius 3 is 2.74 bits per heavy atom. The van der Waals surface area contributed by atoms with Gasteiger partial charge in [-0.25, -0.2) is 14.8 Å². The quantitative estimate of drug-likeness (QED) is 0.790. The van der Waals surface area contributed by atoms with Crippen molar-refractivity contribution < 1.29 is 9.59 Å². The number of amides is 3. The number of carbonyl (C=O) groups excluding carboxylic acids is 2. The molecule has 2 aromatic rings. The average Bonchev–Trinajstić information content (AvgIpc) is 2.64. The summed E-state index contributed by atoms with van der Waals surface area (Å²) in [6, 6.07) is 6.85. The molecule has 27 heavy (non-hydrogen) atoms. The fraction of sp³-hybridized carbons (Fsp3) is 0.368. The van der Waals surface area contributed by atoms with Gasteiger partial charge in [0, 0.05) is 36.1 Å². The number of rotatable bonds is 4. The Morgan fingerprint density at radius 2 is 2.07 bits per heavy atom. The van der Waals surface area contributed by atoms with Crippen LogP contribution >= 0.6 is 11.8 Å². The van der Waals surface area contributed by atoms with Crippen molar-refractivity contribution in [3.05, 3.63) is 42.2 Å². The third-order valence-electron chi connectivity index (χ3n) is 4.34. The molecule has 7 nitrogen and oxygen atoms in total. The molecule has 1 fully saturated rings. The van der Waals surface area contributed by atoms with E-state index in [1.54, 1.807) is 23.4 Å². The van der Waals surface area contributed by atoms with Crippen LogP contribution in [0.15, 0.2) is 46.7 Å². The molecule has 8 heteroatoms. The zero-order valence-corrected chi connectivity index (χ0v) is 16.4. The highest BCUT2D eigenvalue weighted by Crippen LogP contribution is 2.28. The van der Waals surface area contributed by atoms with Gasteiger partial charge in [-0.2, -0.15) is 0 Å². The first kappa shape index (κ1) is 19.2. The molecule has 2 N–H and O–H groups in total. The lowest BCUT2D eigenvalue weighted by Crippen LogP contribution is -2.60. The summed E-state index contributed by atoms with van der Waals surface area (Å²) in [5, 5.41) is 6.45. The van der Waals surface area contributed by atoms with E-state index in [-0.39, 0.29) is 17.9 Å². The van der Waals surface area contributed by atoms with Gasteiger partial charge in [0.25, 0.3) is 0 Å². The normalized spacial score (nSPS) is 17.0. The highest BCUT2D eigenvalue weighted by Gasteiger charge is 2.35. The first-order valence-electron chi connectivity index (χ1n) is 8.86. The first-order chi connectivity index (χ1) is 13.0. The fourth-order valence-electron chi connectivity index (χ4n) is 3.05. The monoisotopic (exact) mass is 385 g/mol. The van der Waals surface area contributed by atoms with E-state index in [9.17, 15) is 9.59 Å². The number of aromatic nitrogens is 2. The zero-order chi connectivity index (χ0) is 19.4. The second-order valence-electron chi connectivity index (χ2n) is 6.71. The van der Waals surface area contributed by atoms with Gasteiger partial charge in [0.05, 0.1) is 0 Å². The molecule has 0 radical (unpaired) electrons. The van der Waals surface area contributed by atoms with Gasteiger partial charge in [-0.15, -0.1) is 0 Å². The number of hydrogen-bond acceptors (Lipinski definition) is 5. The van der Waals surface area contributed by atoms with Gasteiger partial charge in [-0.3, -0.25) is 4.79 Å². The number of urea groups is 1. The first-order valence-corrected chi connectivity index (χ1v) is 9.68. The van der Waals surface area contributed by atoms with Crippen molar-refractivity contribution in [1.82, 2.24) is 20.2 Å². The highest BCUT2D eigenvalue weighted by atomic mass is 32.2. The number of benzene rings is 1. The van der Waals surface area contributed by atoms with Crippen LogP contribution in [0.3, 0.4) is 0 Å². The summed E-state index contributed by atoms with van der Waals surface area (Å²) in [4.78, 5) is 35.9. The third kappa shape index (κ3) is 4.57. The molecule has 1 unspecified atom stereocenters. The Hall–Kier alpha value is -2.61. The van der Waals surface area contributed by atoms with Gasteiger partial charge in [0.1, 0.15) is 6.04 Å². The lowest BCUT2D eigenvalue weighted by molar-refractivity contribution is -0.129. The molecule has 1 aliphatic rings. The van der Waals surface area contributed by atoms with Crippen LogP contribution in [0, 0.1) is 12.8 Å². The van der Waals surface area contributed by atoms with E-state index in [2.05, 4.69) is 20.6 Å². The Balaban J connectivity index is 1.71. The second-order valence-corrected chi connectivity index (χ2v) is 7.75. The van der Waals surface area contributed by atoms with E-state index in [1.165, 1.54) is 11.8 Å². The van der Waals surface area contributed by atoms with Crippen LogP contribution in [0.1, 0.15) is 19.4 Å². The molecule has 2 heterocycles. The van der Waals surface area contributed by atoms with Gasteiger partial charge in [0.2, 0.25) is 5.91 Å². The van der Waals surface area contributed by atoms with Crippen LogP contribution in [0.25, 0.3) is 0 Å². The number of piperazine rings is 1. The minimum Gasteiger partial charge on any atom is -0.353 e. The van der Waals surface area contributed by atoms with E-state index < -0.39 is 6.04 Å². The van der Waals surface area contributed by atoms with Crippen LogP contribution in [0.4, 0.5) is 10.5 Å². The maximum Gasteiger partial charge on any atom is 0.322 e. The second kappa shape index (κ2) is 8.39. The van der Waals surface area contributed by atoms with Gasteiger partial charge < -0.3 is 15.5 Å². The van der Waals surface area contributed by atoms with Crippen LogP contribution in [0.5, 0.6) is 0 Å². The lowest BCUT2D eigenvalue weighted by atomic mass is 10.00. The molecule has 142 valence electrons. The van der Waals surface area contributed by atoms with Gasteiger partial charge in [0.15, 0.2) is 5.16 Å². The number of anilines is 1. The van der Waals surface area contributed by atoms with Crippen molar-refractivity contribution in [2.24, 2.45) is 5.92 Å². The molecule has 0 spiro atoms. The Kier molecular flexibility index (Phi) is 5.95. The van der Waals surface area contributed by atoms with Gasteiger partial charge in [-0.05, 0) is 54.4 Å². The summed E-state index contributed by atoms with van der Waals surface area (Å²) in [6.07, 6.45) is 3.41. The van der Waals surface area contributed by atoms with Crippen molar-refractivity contribution in [3.63, 3.8) is 0 Å². The third-order valence-corrected chi connectivity index (χ3v) is 5.22. The van der Waals surface area contributed by atoms with Crippen molar-refractivity contribution >= 4 is 29.4 Å². The Morgan fingerprint density at radius 1 is 1.33 bits per heavy atom. The predicted molar refractivity (Wildman–Crippen MR) is 105 cm³/mol. The predicted octanol–water partition coefficient (Wildman–Crippen LogP) is 2.92. The minimum absolute atomic E-state index is 0.0433. The van der Waals surface area contributed by atoms with Crippen LogP contribution in [0.2, 0.25) is 0 Å². The zero-order valence-electron chi connectivity index (χ0n) is 15.6. The van der Waals surface area contributed by atoms with E-state index >= 15 is 0 Å². The molecule has 1 atom stereocenters. The van der Waals surface area contributed by atoms with Crippen molar-refractivity contribution in [1.29, 1.82) is 0 Å². The summed E-state index contributed by atoms with van der Waals surface area (Å²) in [5.74, 6) is -0.0560. The SMILES string of the molecule is Cc1cc(Sc2ncccn2)ccc1NC(=O)N1CCNC(=O)C1C(C)C. The fourth-order valence-corrected chi connectivity index (χ4v) is 3.86. The van der Waals surface area contributed by atoms with Crippen LogP contribution < -0.4 is 10.6 Å². The van der Waals surface area contributed by atoms with Crippen LogP contribution in [-0.2, 0) is 4.79 Å². The average molecular weight is 385 g/mol. The Labute approximate surface area is 163 Å². The number of aryl methyl sites for hydroxylation is 1. The number of nitrogens with zero attached hydrogens (tertiary/aromatic N) is 3. The molecule has 3 amide bonds. The summed E-state index contributed by atoms with van der Waals surface area (Å²) < 4.78 is 0. The largest absolute Gasteiger partial charge is 0.353 e. The van der Waals surface area contributed by atoms with Crippen molar-refractivity contribution in [2.45, 2.75) is 36.9 Å². The smallest absolute Gasteiger partial charge is 0.322 e.